The van der Waals surface area contributed by atoms with Gasteiger partial charge in [0.05, 0.1) is 16.5 Å². The fourth-order valence-corrected chi connectivity index (χ4v) is 2.99. The first-order chi connectivity index (χ1) is 10.9. The molecule has 0 aliphatic carbocycles. The molecule has 1 aliphatic rings. The first-order valence-electron chi connectivity index (χ1n) is 7.79. The van der Waals surface area contributed by atoms with Gasteiger partial charge in [-0.15, -0.1) is 0 Å². The summed E-state index contributed by atoms with van der Waals surface area (Å²) in [6, 6.07) is 1.61. The summed E-state index contributed by atoms with van der Waals surface area (Å²) in [5.74, 6) is -0.973. The number of halogens is 1. The minimum Gasteiger partial charge on any atom is -0.481 e. The van der Waals surface area contributed by atoms with Gasteiger partial charge in [0.25, 0.3) is 5.91 Å². The Morgan fingerprint density at radius 2 is 2.04 bits per heavy atom. The number of aromatic nitrogens is 1. The highest BCUT2D eigenvalue weighted by Crippen LogP contribution is 2.25. The van der Waals surface area contributed by atoms with Gasteiger partial charge in [0.2, 0.25) is 0 Å². The first kappa shape index (κ1) is 17.5. The van der Waals surface area contributed by atoms with Gasteiger partial charge < -0.3 is 14.9 Å². The molecule has 0 saturated carbocycles. The second-order valence-corrected chi connectivity index (χ2v) is 6.41. The van der Waals surface area contributed by atoms with Crippen molar-refractivity contribution in [2.45, 2.75) is 26.2 Å². The molecular weight excluding hydrogens is 318 g/mol. The molecule has 0 spiro atoms. The monoisotopic (exact) mass is 339 g/mol. The van der Waals surface area contributed by atoms with Crippen LogP contribution in [0.1, 0.15) is 36.5 Å². The number of rotatable bonds is 5. The zero-order valence-electron chi connectivity index (χ0n) is 13.5. The molecule has 1 atom stereocenters. The van der Waals surface area contributed by atoms with Crippen molar-refractivity contribution < 1.29 is 14.7 Å². The number of carbonyl (C=O) groups excluding carboxylic acids is 1. The van der Waals surface area contributed by atoms with Crippen molar-refractivity contribution in [1.29, 1.82) is 0 Å². The van der Waals surface area contributed by atoms with Gasteiger partial charge in [-0.1, -0.05) is 18.5 Å². The molecule has 126 valence electrons. The van der Waals surface area contributed by atoms with Crippen LogP contribution in [0, 0.1) is 5.92 Å². The van der Waals surface area contributed by atoms with E-state index in [4.69, 9.17) is 16.7 Å². The lowest BCUT2D eigenvalue weighted by molar-refractivity contribution is -0.140. The van der Waals surface area contributed by atoms with E-state index in [0.717, 1.165) is 32.4 Å². The predicted molar refractivity (Wildman–Crippen MR) is 89.1 cm³/mol. The van der Waals surface area contributed by atoms with Crippen LogP contribution in [-0.2, 0) is 4.79 Å². The Morgan fingerprint density at radius 3 is 2.61 bits per heavy atom. The molecule has 2 rings (SSSR count). The number of anilines is 1. The maximum Gasteiger partial charge on any atom is 0.308 e. The van der Waals surface area contributed by atoms with Crippen LogP contribution in [0.3, 0.4) is 0 Å². The summed E-state index contributed by atoms with van der Waals surface area (Å²) < 4.78 is 0. The second kappa shape index (κ2) is 7.64. The number of pyridine rings is 1. The van der Waals surface area contributed by atoms with Crippen LogP contribution in [-0.4, -0.2) is 53.5 Å². The average Bonchev–Trinajstić information content (AvgIpc) is 2.54. The van der Waals surface area contributed by atoms with Gasteiger partial charge in [-0.25, -0.2) is 4.98 Å². The fourth-order valence-electron chi connectivity index (χ4n) is 2.68. The van der Waals surface area contributed by atoms with E-state index < -0.39 is 11.9 Å². The van der Waals surface area contributed by atoms with E-state index in [0.29, 0.717) is 22.9 Å². The summed E-state index contributed by atoms with van der Waals surface area (Å²) in [4.78, 5) is 31.2. The van der Waals surface area contributed by atoms with E-state index in [2.05, 4.69) is 4.98 Å². The van der Waals surface area contributed by atoms with Gasteiger partial charge in [0.15, 0.2) is 0 Å². The van der Waals surface area contributed by atoms with Crippen molar-refractivity contribution in [3.05, 3.63) is 22.8 Å². The van der Waals surface area contributed by atoms with Crippen LogP contribution < -0.4 is 4.90 Å². The Morgan fingerprint density at radius 1 is 1.39 bits per heavy atom. The fraction of sp³-hybridized carbons (Fsp3) is 0.562. The second-order valence-electron chi connectivity index (χ2n) is 6.00. The van der Waals surface area contributed by atoms with Crippen LogP contribution in [0.4, 0.5) is 5.82 Å². The highest BCUT2D eigenvalue weighted by atomic mass is 35.5. The third-order valence-corrected chi connectivity index (χ3v) is 4.32. The van der Waals surface area contributed by atoms with Crippen molar-refractivity contribution >= 4 is 29.3 Å². The highest BCUT2D eigenvalue weighted by Gasteiger charge is 2.21. The molecule has 1 aromatic heterocycles. The quantitative estimate of drug-likeness (QED) is 0.892. The minimum absolute atomic E-state index is 0.0489. The first-order valence-corrected chi connectivity index (χ1v) is 8.16. The molecule has 0 aromatic carbocycles. The number of hydrogen-bond acceptors (Lipinski definition) is 4. The van der Waals surface area contributed by atoms with Crippen molar-refractivity contribution in [3.63, 3.8) is 0 Å². The van der Waals surface area contributed by atoms with E-state index >= 15 is 0 Å². The lowest BCUT2D eigenvalue weighted by Crippen LogP contribution is -2.35. The molecular formula is C16H22ClN3O3. The van der Waals surface area contributed by atoms with E-state index in [1.54, 1.807) is 24.9 Å². The zero-order chi connectivity index (χ0) is 17.0. The number of carboxylic acids is 1. The number of likely N-dealkylation sites (tertiary alicyclic amines) is 1. The van der Waals surface area contributed by atoms with Crippen molar-refractivity contribution in [2.24, 2.45) is 5.92 Å². The molecule has 1 aromatic rings. The Balaban J connectivity index is 2.10. The molecule has 1 unspecified atom stereocenters. The van der Waals surface area contributed by atoms with E-state index in [-0.39, 0.29) is 5.91 Å². The normalized spacial score (nSPS) is 16.0. The lowest BCUT2D eigenvalue weighted by atomic mass is 10.1. The van der Waals surface area contributed by atoms with Gasteiger partial charge in [-0.05, 0) is 25.3 Å². The zero-order valence-corrected chi connectivity index (χ0v) is 14.2. The van der Waals surface area contributed by atoms with Crippen LogP contribution in [0.15, 0.2) is 12.3 Å². The molecule has 1 aliphatic heterocycles. The predicted octanol–water partition coefficient (Wildman–Crippen LogP) is 2.52. The minimum atomic E-state index is -0.870. The Kier molecular flexibility index (Phi) is 5.82. The van der Waals surface area contributed by atoms with Crippen molar-refractivity contribution in [1.82, 2.24) is 9.88 Å². The standard InChI is InChI=1S/C16H22ClN3O3/c1-11(16(22)23)10-19(2)14-13(17)8-12(9-18-14)15(21)20-6-4-3-5-7-20/h8-9,11H,3-7,10H2,1-2H3,(H,22,23). The van der Waals surface area contributed by atoms with Gasteiger partial charge in [-0.2, -0.15) is 0 Å². The number of aliphatic carboxylic acids is 1. The third-order valence-electron chi connectivity index (χ3n) is 4.04. The van der Waals surface area contributed by atoms with E-state index in [9.17, 15) is 9.59 Å². The summed E-state index contributed by atoms with van der Waals surface area (Å²) in [7, 11) is 1.74. The number of carbonyl (C=O) groups is 2. The van der Waals surface area contributed by atoms with Gasteiger partial charge in [0.1, 0.15) is 5.82 Å². The molecule has 0 radical (unpaired) electrons. The summed E-state index contributed by atoms with van der Waals surface area (Å²) in [5, 5.41) is 9.33. The largest absolute Gasteiger partial charge is 0.481 e. The molecule has 0 bridgehead atoms. The summed E-state index contributed by atoms with van der Waals surface area (Å²) >= 11 is 6.25. The van der Waals surface area contributed by atoms with Gasteiger partial charge in [-0.3, -0.25) is 9.59 Å². The maximum atomic E-state index is 12.4. The molecule has 1 N–H and O–H groups in total. The average molecular weight is 340 g/mol. The molecule has 7 heteroatoms. The molecule has 2 heterocycles. The number of carboxylic acid groups (broad SMARTS) is 1. The SMILES string of the molecule is CC(CN(C)c1ncc(C(=O)N2CCCCC2)cc1Cl)C(=O)O. The molecule has 1 saturated heterocycles. The smallest absolute Gasteiger partial charge is 0.308 e. The van der Waals surface area contributed by atoms with Crippen LogP contribution >= 0.6 is 11.6 Å². The van der Waals surface area contributed by atoms with Gasteiger partial charge >= 0.3 is 5.97 Å². The van der Waals surface area contributed by atoms with Crippen LogP contribution in [0.5, 0.6) is 0 Å². The van der Waals surface area contributed by atoms with Crippen LogP contribution in [0.2, 0.25) is 5.02 Å². The molecule has 1 fully saturated rings. The summed E-state index contributed by atoms with van der Waals surface area (Å²) in [6.07, 6.45) is 4.73. The van der Waals surface area contributed by atoms with Crippen LogP contribution in [0.25, 0.3) is 0 Å². The summed E-state index contributed by atoms with van der Waals surface area (Å²) in [5.41, 5.74) is 0.473. The Hall–Kier alpha value is -1.82. The lowest BCUT2D eigenvalue weighted by Gasteiger charge is -2.27. The Labute approximate surface area is 141 Å². The van der Waals surface area contributed by atoms with E-state index in [1.807, 2.05) is 4.90 Å². The number of nitrogens with zero attached hydrogens (tertiary/aromatic N) is 3. The molecule has 6 nitrogen and oxygen atoms in total. The third kappa shape index (κ3) is 4.34. The Bertz CT molecular complexity index is 588. The topological polar surface area (TPSA) is 73.7 Å². The van der Waals surface area contributed by atoms with Crippen molar-refractivity contribution in [3.8, 4) is 0 Å². The number of piperidine rings is 1. The summed E-state index contributed by atoms with van der Waals surface area (Å²) in [6.45, 7) is 3.46. The number of hydrogen-bond donors (Lipinski definition) is 1. The molecule has 1 amide bonds. The maximum absolute atomic E-state index is 12.4. The van der Waals surface area contributed by atoms with E-state index in [1.165, 1.54) is 6.20 Å². The molecule has 23 heavy (non-hydrogen) atoms. The highest BCUT2D eigenvalue weighted by molar-refractivity contribution is 6.33. The van der Waals surface area contributed by atoms with Crippen molar-refractivity contribution in [2.75, 3.05) is 31.6 Å². The van der Waals surface area contributed by atoms with Gasteiger partial charge in [0, 0.05) is 32.9 Å². The number of amides is 1.